The average Bonchev–Trinajstić information content (AvgIpc) is 2.07. The van der Waals surface area contributed by atoms with Crippen molar-refractivity contribution in [3.05, 3.63) is 22.5 Å². The Morgan fingerprint density at radius 2 is 2.00 bits per heavy atom. The molecule has 6 heteroatoms. The molecule has 0 aromatic carbocycles. The fourth-order valence-electron chi connectivity index (χ4n) is 1.01. The van der Waals surface area contributed by atoms with Crippen molar-refractivity contribution in [2.24, 2.45) is 0 Å². The Morgan fingerprint density at radius 1 is 1.43 bits per heavy atom. The molecule has 1 heterocycles. The largest absolute Gasteiger partial charge is 0.494 e. The molecule has 2 nitrogen and oxygen atoms in total. The number of nitrogens with zero attached hydrogens (tertiary/aromatic N) is 1. The number of halogens is 4. The molecular weight excluding hydrogens is 219 g/mol. The minimum Gasteiger partial charge on any atom is -0.494 e. The van der Waals surface area contributed by atoms with Crippen LogP contribution in [0.25, 0.3) is 0 Å². The second-order valence-corrected chi connectivity index (χ2v) is 3.02. The van der Waals surface area contributed by atoms with Gasteiger partial charge in [0.25, 0.3) is 0 Å². The van der Waals surface area contributed by atoms with E-state index in [1.807, 2.05) is 0 Å². The molecule has 78 valence electrons. The van der Waals surface area contributed by atoms with E-state index in [0.29, 0.717) is 0 Å². The fraction of sp³-hybridized carbons (Fsp3) is 0.375. The van der Waals surface area contributed by atoms with Crippen LogP contribution in [-0.4, -0.2) is 12.1 Å². The summed E-state index contributed by atoms with van der Waals surface area (Å²) in [6.07, 6.45) is -3.57. The zero-order valence-corrected chi connectivity index (χ0v) is 8.20. The first-order valence-corrected chi connectivity index (χ1v) is 4.02. The van der Waals surface area contributed by atoms with Crippen molar-refractivity contribution in [1.82, 2.24) is 4.98 Å². The van der Waals surface area contributed by atoms with Crippen LogP contribution in [0.5, 0.6) is 5.75 Å². The third kappa shape index (κ3) is 1.92. The van der Waals surface area contributed by atoms with Crippen LogP contribution in [0.3, 0.4) is 0 Å². The fourth-order valence-corrected chi connectivity index (χ4v) is 1.15. The van der Waals surface area contributed by atoms with Gasteiger partial charge in [-0.15, -0.1) is 0 Å². The lowest BCUT2D eigenvalue weighted by Gasteiger charge is -2.13. The number of ether oxygens (including phenoxy) is 1. The summed E-state index contributed by atoms with van der Waals surface area (Å²) >= 11 is 5.60. The number of hydrogen-bond acceptors (Lipinski definition) is 2. The Kier molecular flexibility index (Phi) is 2.89. The predicted octanol–water partition coefficient (Wildman–Crippen LogP) is 3.07. The first-order valence-electron chi connectivity index (χ1n) is 3.64. The molecule has 0 saturated carbocycles. The van der Waals surface area contributed by atoms with E-state index < -0.39 is 11.9 Å². The minimum absolute atomic E-state index is 0.148. The quantitative estimate of drug-likeness (QED) is 0.733. The van der Waals surface area contributed by atoms with E-state index >= 15 is 0 Å². The van der Waals surface area contributed by atoms with Crippen molar-refractivity contribution in [3.63, 3.8) is 0 Å². The molecule has 0 bridgehead atoms. The predicted molar refractivity (Wildman–Crippen MR) is 45.5 cm³/mol. The summed E-state index contributed by atoms with van der Waals surface area (Å²) in [4.78, 5) is 3.20. The Labute approximate surface area is 83.7 Å². The van der Waals surface area contributed by atoms with Crippen LogP contribution in [0.1, 0.15) is 11.3 Å². The first-order chi connectivity index (χ1) is 6.38. The van der Waals surface area contributed by atoms with E-state index in [1.54, 1.807) is 0 Å². The third-order valence-electron chi connectivity index (χ3n) is 1.69. The molecule has 0 spiro atoms. The summed E-state index contributed by atoms with van der Waals surface area (Å²) in [6.45, 7) is 1.44. The highest BCUT2D eigenvalue weighted by Gasteiger charge is 2.37. The van der Waals surface area contributed by atoms with Crippen LogP contribution in [0, 0.1) is 6.92 Å². The maximum absolute atomic E-state index is 12.4. The Balaban J connectivity index is 3.39. The van der Waals surface area contributed by atoms with Crippen LogP contribution >= 0.6 is 11.6 Å². The molecule has 0 fully saturated rings. The van der Waals surface area contributed by atoms with Crippen LogP contribution < -0.4 is 4.74 Å². The molecule has 1 aromatic rings. The van der Waals surface area contributed by atoms with Gasteiger partial charge in [-0.05, 0) is 6.92 Å². The van der Waals surface area contributed by atoms with E-state index in [1.165, 1.54) is 6.92 Å². The number of pyridine rings is 1. The highest BCUT2D eigenvalue weighted by molar-refractivity contribution is 6.31. The highest BCUT2D eigenvalue weighted by Crippen LogP contribution is 2.38. The van der Waals surface area contributed by atoms with E-state index in [-0.39, 0.29) is 16.3 Å². The third-order valence-corrected chi connectivity index (χ3v) is 2.07. The zero-order valence-electron chi connectivity index (χ0n) is 7.44. The second-order valence-electron chi connectivity index (χ2n) is 2.61. The van der Waals surface area contributed by atoms with Gasteiger partial charge in [0.05, 0.1) is 12.1 Å². The summed E-state index contributed by atoms with van der Waals surface area (Å²) in [5, 5.41) is 0.148. The van der Waals surface area contributed by atoms with Crippen LogP contribution in [0.2, 0.25) is 5.02 Å². The maximum atomic E-state index is 12.4. The van der Waals surface area contributed by atoms with Crippen molar-refractivity contribution in [2.45, 2.75) is 13.1 Å². The molecule has 0 amide bonds. The van der Waals surface area contributed by atoms with Crippen molar-refractivity contribution < 1.29 is 17.9 Å². The lowest BCUT2D eigenvalue weighted by molar-refractivity contribution is -0.142. The van der Waals surface area contributed by atoms with Gasteiger partial charge in [0.2, 0.25) is 0 Å². The van der Waals surface area contributed by atoms with Gasteiger partial charge in [0, 0.05) is 11.8 Å². The van der Waals surface area contributed by atoms with E-state index in [4.69, 9.17) is 11.6 Å². The minimum atomic E-state index is -4.53. The highest BCUT2D eigenvalue weighted by atomic mass is 35.5. The van der Waals surface area contributed by atoms with Gasteiger partial charge in [0.1, 0.15) is 0 Å². The molecule has 14 heavy (non-hydrogen) atoms. The summed E-state index contributed by atoms with van der Waals surface area (Å²) in [5.41, 5.74) is -0.821. The van der Waals surface area contributed by atoms with Gasteiger partial charge in [-0.25, -0.2) is 4.98 Å². The normalized spacial score (nSPS) is 11.6. The van der Waals surface area contributed by atoms with E-state index in [2.05, 4.69) is 9.72 Å². The van der Waals surface area contributed by atoms with Gasteiger partial charge in [0.15, 0.2) is 11.4 Å². The summed E-state index contributed by atoms with van der Waals surface area (Å²) in [5.74, 6) is -0.329. The molecule has 1 rings (SSSR count). The van der Waals surface area contributed by atoms with Gasteiger partial charge in [-0.2, -0.15) is 13.2 Å². The molecule has 0 unspecified atom stereocenters. The standard InChI is InChI=1S/C8H7ClF3NO/c1-4-5(9)3-13-7(6(4)14-2)8(10,11)12/h3H,1-2H3. The SMILES string of the molecule is COc1c(C(F)(F)F)ncc(Cl)c1C. The Bertz CT molecular complexity index is 351. The summed E-state index contributed by atoms with van der Waals surface area (Å²) < 4.78 is 41.7. The molecule has 1 aromatic heterocycles. The molecule has 0 aliphatic heterocycles. The Morgan fingerprint density at radius 3 is 2.43 bits per heavy atom. The molecule has 0 N–H and O–H groups in total. The van der Waals surface area contributed by atoms with Crippen molar-refractivity contribution in [3.8, 4) is 5.75 Å². The van der Waals surface area contributed by atoms with E-state index in [9.17, 15) is 13.2 Å². The molecule has 0 saturated heterocycles. The lowest BCUT2D eigenvalue weighted by atomic mass is 10.2. The number of aromatic nitrogens is 1. The van der Waals surface area contributed by atoms with Crippen molar-refractivity contribution in [1.29, 1.82) is 0 Å². The molecular formula is C8H7ClF3NO. The van der Waals surface area contributed by atoms with Crippen LogP contribution in [0.4, 0.5) is 13.2 Å². The van der Waals surface area contributed by atoms with Crippen molar-refractivity contribution in [2.75, 3.05) is 7.11 Å². The maximum Gasteiger partial charge on any atom is 0.437 e. The zero-order chi connectivity index (χ0) is 10.9. The molecule has 0 radical (unpaired) electrons. The number of methoxy groups -OCH3 is 1. The van der Waals surface area contributed by atoms with Crippen LogP contribution in [-0.2, 0) is 6.18 Å². The number of hydrogen-bond donors (Lipinski definition) is 0. The summed E-state index contributed by atoms with van der Waals surface area (Å²) in [7, 11) is 1.15. The second kappa shape index (κ2) is 3.65. The number of alkyl halides is 3. The number of rotatable bonds is 1. The smallest absolute Gasteiger partial charge is 0.437 e. The summed E-state index contributed by atoms with van der Waals surface area (Å²) in [6, 6.07) is 0. The molecule has 0 aliphatic carbocycles. The monoisotopic (exact) mass is 225 g/mol. The van der Waals surface area contributed by atoms with Gasteiger partial charge >= 0.3 is 6.18 Å². The topological polar surface area (TPSA) is 22.1 Å². The van der Waals surface area contributed by atoms with E-state index in [0.717, 1.165) is 13.3 Å². The lowest BCUT2D eigenvalue weighted by Crippen LogP contribution is -2.11. The van der Waals surface area contributed by atoms with Gasteiger partial charge in [-0.1, -0.05) is 11.6 Å². The Hall–Kier alpha value is -0.970. The van der Waals surface area contributed by atoms with Crippen LogP contribution in [0.15, 0.2) is 6.20 Å². The van der Waals surface area contributed by atoms with Crippen molar-refractivity contribution >= 4 is 11.6 Å². The molecule has 0 aliphatic rings. The van der Waals surface area contributed by atoms with Gasteiger partial charge in [-0.3, -0.25) is 0 Å². The molecule has 0 atom stereocenters. The average molecular weight is 226 g/mol. The van der Waals surface area contributed by atoms with Gasteiger partial charge < -0.3 is 4.74 Å². The first kappa shape index (κ1) is 11.1.